The van der Waals surface area contributed by atoms with E-state index in [2.05, 4.69) is 5.32 Å². The Balaban J connectivity index is 2.10. The van der Waals surface area contributed by atoms with Crippen LogP contribution in [0.4, 0.5) is 5.69 Å². The van der Waals surface area contributed by atoms with Gasteiger partial charge in [-0.2, -0.15) is 0 Å². The molecule has 0 saturated carbocycles. The van der Waals surface area contributed by atoms with Crippen LogP contribution in [0.3, 0.4) is 0 Å². The molecular formula is C28H32ClN3O4S. The predicted molar refractivity (Wildman–Crippen MR) is 147 cm³/mol. The van der Waals surface area contributed by atoms with E-state index < -0.39 is 28.5 Å². The lowest BCUT2D eigenvalue weighted by molar-refractivity contribution is -0.140. The fourth-order valence-electron chi connectivity index (χ4n) is 4.24. The summed E-state index contributed by atoms with van der Waals surface area (Å²) in [6, 6.07) is 19.6. The summed E-state index contributed by atoms with van der Waals surface area (Å²) in [5.74, 6) is -0.860. The van der Waals surface area contributed by atoms with Crippen LogP contribution in [0.25, 0.3) is 0 Å². The van der Waals surface area contributed by atoms with Crippen LogP contribution in [0.1, 0.15) is 30.0 Å². The number of nitrogens with zero attached hydrogens (tertiary/aromatic N) is 2. The van der Waals surface area contributed by atoms with Gasteiger partial charge in [0.05, 0.1) is 10.6 Å². The molecule has 0 aromatic heterocycles. The largest absolute Gasteiger partial charge is 0.357 e. The molecule has 3 aromatic rings. The predicted octanol–water partition coefficient (Wildman–Crippen LogP) is 4.71. The van der Waals surface area contributed by atoms with Gasteiger partial charge < -0.3 is 10.2 Å². The van der Waals surface area contributed by atoms with Crippen LogP contribution in [-0.2, 0) is 26.2 Å². The summed E-state index contributed by atoms with van der Waals surface area (Å²) < 4.78 is 28.7. The van der Waals surface area contributed by atoms with E-state index in [4.69, 9.17) is 11.6 Å². The summed E-state index contributed by atoms with van der Waals surface area (Å²) >= 11 is 6.38. The van der Waals surface area contributed by atoms with Gasteiger partial charge >= 0.3 is 0 Å². The fourth-order valence-corrected chi connectivity index (χ4v) is 5.85. The SMILES string of the molecule is CC[C@H](C(=O)NC)N(Cc1ccccc1Cl)C(=O)CN(c1cc(C)cc(C)c1)S(=O)(=O)c1ccccc1. The minimum absolute atomic E-state index is 0.0521. The molecule has 0 aliphatic rings. The van der Waals surface area contributed by atoms with Gasteiger partial charge in [0.1, 0.15) is 12.6 Å². The number of halogens is 1. The van der Waals surface area contributed by atoms with Crippen LogP contribution in [0.5, 0.6) is 0 Å². The zero-order valence-electron chi connectivity index (χ0n) is 21.4. The standard InChI is InChI=1S/C28H32ClN3O4S/c1-5-26(28(34)30-4)31(18-22-11-9-10-14-25(22)29)27(33)19-32(23-16-20(2)15-21(3)17-23)37(35,36)24-12-7-6-8-13-24/h6-17,26H,5,18-19H2,1-4H3,(H,30,34)/t26-/m1/s1. The Kier molecular flexibility index (Phi) is 9.34. The van der Waals surface area contributed by atoms with Crippen molar-refractivity contribution in [3.8, 4) is 0 Å². The third kappa shape index (κ3) is 6.70. The summed E-state index contributed by atoms with van der Waals surface area (Å²) in [7, 11) is -2.59. The molecule has 0 heterocycles. The summed E-state index contributed by atoms with van der Waals surface area (Å²) in [4.78, 5) is 28.1. The molecule has 196 valence electrons. The Morgan fingerprint density at radius 2 is 1.54 bits per heavy atom. The lowest BCUT2D eigenvalue weighted by Crippen LogP contribution is -2.51. The first kappa shape index (κ1) is 28.2. The summed E-state index contributed by atoms with van der Waals surface area (Å²) in [6.07, 6.45) is 0.338. The molecule has 7 nitrogen and oxygen atoms in total. The molecule has 3 rings (SSSR count). The average Bonchev–Trinajstić information content (AvgIpc) is 2.87. The molecule has 0 radical (unpaired) electrons. The maximum Gasteiger partial charge on any atom is 0.264 e. The summed E-state index contributed by atoms with van der Waals surface area (Å²) in [5.41, 5.74) is 2.75. The van der Waals surface area contributed by atoms with Crippen molar-refractivity contribution in [1.82, 2.24) is 10.2 Å². The molecule has 3 aromatic carbocycles. The van der Waals surface area contributed by atoms with E-state index in [1.807, 2.05) is 19.9 Å². The number of hydrogen-bond donors (Lipinski definition) is 1. The molecule has 0 saturated heterocycles. The van der Waals surface area contributed by atoms with Gasteiger partial charge in [0, 0.05) is 18.6 Å². The molecule has 0 unspecified atom stereocenters. The monoisotopic (exact) mass is 541 g/mol. The highest BCUT2D eigenvalue weighted by Crippen LogP contribution is 2.27. The van der Waals surface area contributed by atoms with E-state index in [1.165, 1.54) is 24.1 Å². The average molecular weight is 542 g/mol. The number of hydrogen-bond acceptors (Lipinski definition) is 4. The van der Waals surface area contributed by atoms with Crippen molar-refractivity contribution in [2.24, 2.45) is 0 Å². The molecule has 2 amide bonds. The zero-order chi connectivity index (χ0) is 27.2. The third-order valence-electron chi connectivity index (χ3n) is 6.04. The Labute approximate surface area is 224 Å². The van der Waals surface area contributed by atoms with Crippen molar-refractivity contribution in [2.75, 3.05) is 17.9 Å². The van der Waals surface area contributed by atoms with Crippen molar-refractivity contribution >= 4 is 39.1 Å². The number of likely N-dealkylation sites (N-methyl/N-ethyl adjacent to an activating group) is 1. The number of aryl methyl sites for hydroxylation is 2. The van der Waals surface area contributed by atoms with Gasteiger partial charge in [0.25, 0.3) is 10.0 Å². The third-order valence-corrected chi connectivity index (χ3v) is 8.19. The maximum atomic E-state index is 13.9. The highest BCUT2D eigenvalue weighted by Gasteiger charge is 2.33. The minimum atomic E-state index is -4.10. The van der Waals surface area contributed by atoms with E-state index in [0.29, 0.717) is 22.7 Å². The van der Waals surface area contributed by atoms with Crippen molar-refractivity contribution in [3.05, 3.63) is 94.5 Å². The second-order valence-electron chi connectivity index (χ2n) is 8.82. The highest BCUT2D eigenvalue weighted by atomic mass is 35.5. The van der Waals surface area contributed by atoms with E-state index in [-0.39, 0.29) is 17.3 Å². The number of anilines is 1. The number of nitrogens with one attached hydrogen (secondary N) is 1. The Hall–Kier alpha value is -3.36. The van der Waals surface area contributed by atoms with Gasteiger partial charge in [-0.15, -0.1) is 0 Å². The normalized spacial score (nSPS) is 12.0. The van der Waals surface area contributed by atoms with Crippen molar-refractivity contribution < 1.29 is 18.0 Å². The molecule has 0 aliphatic carbocycles. The van der Waals surface area contributed by atoms with Gasteiger partial charge in [-0.1, -0.05) is 61.0 Å². The molecule has 0 bridgehead atoms. The summed E-state index contributed by atoms with van der Waals surface area (Å²) in [5, 5.41) is 3.06. The van der Waals surface area contributed by atoms with Crippen molar-refractivity contribution in [1.29, 1.82) is 0 Å². The van der Waals surface area contributed by atoms with Crippen LogP contribution in [0.2, 0.25) is 5.02 Å². The number of carbonyl (C=O) groups excluding carboxylic acids is 2. The molecule has 9 heteroatoms. The van der Waals surface area contributed by atoms with Crippen molar-refractivity contribution in [2.45, 2.75) is 44.7 Å². The summed E-state index contributed by atoms with van der Waals surface area (Å²) in [6.45, 7) is 5.10. The van der Waals surface area contributed by atoms with Gasteiger partial charge in [0.2, 0.25) is 11.8 Å². The number of benzene rings is 3. The minimum Gasteiger partial charge on any atom is -0.357 e. The zero-order valence-corrected chi connectivity index (χ0v) is 23.0. The molecule has 0 aliphatic heterocycles. The Morgan fingerprint density at radius 1 is 0.946 bits per heavy atom. The lowest BCUT2D eigenvalue weighted by Gasteiger charge is -2.33. The van der Waals surface area contributed by atoms with E-state index in [1.54, 1.807) is 61.5 Å². The molecule has 1 atom stereocenters. The number of rotatable bonds is 10. The Bertz CT molecular complexity index is 1340. The van der Waals surface area contributed by atoms with Gasteiger partial charge in [0.15, 0.2) is 0 Å². The smallest absolute Gasteiger partial charge is 0.264 e. The topological polar surface area (TPSA) is 86.8 Å². The molecule has 1 N–H and O–H groups in total. The van der Waals surface area contributed by atoms with Crippen LogP contribution >= 0.6 is 11.6 Å². The number of sulfonamides is 1. The highest BCUT2D eigenvalue weighted by molar-refractivity contribution is 7.92. The lowest BCUT2D eigenvalue weighted by atomic mass is 10.1. The van der Waals surface area contributed by atoms with Crippen LogP contribution in [-0.4, -0.2) is 44.8 Å². The maximum absolute atomic E-state index is 13.9. The number of amides is 2. The molecule has 0 spiro atoms. The second-order valence-corrected chi connectivity index (χ2v) is 11.1. The molecule has 37 heavy (non-hydrogen) atoms. The van der Waals surface area contributed by atoms with Crippen LogP contribution in [0.15, 0.2) is 77.7 Å². The fraction of sp³-hybridized carbons (Fsp3) is 0.286. The quantitative estimate of drug-likeness (QED) is 0.403. The van der Waals surface area contributed by atoms with E-state index in [0.717, 1.165) is 15.4 Å². The Morgan fingerprint density at radius 3 is 2.11 bits per heavy atom. The van der Waals surface area contributed by atoms with E-state index in [9.17, 15) is 18.0 Å². The first-order chi connectivity index (χ1) is 17.6. The molecular weight excluding hydrogens is 510 g/mol. The second kappa shape index (κ2) is 12.3. The van der Waals surface area contributed by atoms with Gasteiger partial charge in [-0.05, 0) is 67.3 Å². The van der Waals surface area contributed by atoms with Gasteiger partial charge in [-0.3, -0.25) is 13.9 Å². The van der Waals surface area contributed by atoms with Crippen molar-refractivity contribution in [3.63, 3.8) is 0 Å². The van der Waals surface area contributed by atoms with Gasteiger partial charge in [-0.25, -0.2) is 8.42 Å². The first-order valence-corrected chi connectivity index (χ1v) is 13.8. The molecule has 0 fully saturated rings. The van der Waals surface area contributed by atoms with Crippen LogP contribution in [0, 0.1) is 13.8 Å². The van der Waals surface area contributed by atoms with E-state index >= 15 is 0 Å². The first-order valence-electron chi connectivity index (χ1n) is 12.0. The number of carbonyl (C=O) groups is 2. The van der Waals surface area contributed by atoms with Crippen LogP contribution < -0.4 is 9.62 Å².